The molecule has 0 aliphatic heterocycles. The van der Waals surface area contributed by atoms with Crippen LogP contribution in [0.25, 0.3) is 10.8 Å². The molecule has 0 heterocycles. The molecule has 4 aromatic rings. The van der Waals surface area contributed by atoms with Crippen molar-refractivity contribution < 1.29 is 4.79 Å². The summed E-state index contributed by atoms with van der Waals surface area (Å²) in [6.45, 7) is 0. The van der Waals surface area contributed by atoms with E-state index in [1.54, 1.807) is 12.1 Å². The van der Waals surface area contributed by atoms with Crippen LogP contribution in [0.15, 0.2) is 84.9 Å². The Kier molecular flexibility index (Phi) is 4.57. The Labute approximate surface area is 175 Å². The number of hydrogen-bond acceptors (Lipinski definition) is 1. The normalized spacial score (nSPS) is 13.4. The highest BCUT2D eigenvalue weighted by atomic mass is 35.5. The first-order valence-corrected chi connectivity index (χ1v) is 10.2. The molecule has 3 heteroatoms. The van der Waals surface area contributed by atoms with Gasteiger partial charge in [0.15, 0.2) is 0 Å². The summed E-state index contributed by atoms with van der Waals surface area (Å²) in [4.78, 5) is 13.1. The van der Waals surface area contributed by atoms with Gasteiger partial charge in [-0.3, -0.25) is 4.79 Å². The number of benzene rings is 4. The summed E-state index contributed by atoms with van der Waals surface area (Å²) in [6, 6.07) is 27.9. The second-order valence-electron chi connectivity index (χ2n) is 7.45. The van der Waals surface area contributed by atoms with Crippen molar-refractivity contribution in [2.75, 3.05) is 0 Å². The van der Waals surface area contributed by atoms with E-state index in [2.05, 4.69) is 47.8 Å². The smallest absolute Gasteiger partial charge is 0.253 e. The molecule has 29 heavy (non-hydrogen) atoms. The fourth-order valence-electron chi connectivity index (χ4n) is 4.36. The van der Waals surface area contributed by atoms with E-state index in [-0.39, 0.29) is 11.9 Å². The zero-order valence-electron chi connectivity index (χ0n) is 15.9. The van der Waals surface area contributed by atoms with Crippen LogP contribution >= 0.6 is 11.6 Å². The van der Waals surface area contributed by atoms with Crippen molar-refractivity contribution in [2.24, 2.45) is 0 Å². The third-order valence-electron chi connectivity index (χ3n) is 5.75. The van der Waals surface area contributed by atoms with E-state index in [0.717, 1.165) is 24.0 Å². The summed E-state index contributed by atoms with van der Waals surface area (Å²) in [5.74, 6) is -0.173. The molecule has 1 aliphatic rings. The third kappa shape index (κ3) is 3.20. The molecule has 0 radical (unpaired) electrons. The lowest BCUT2D eigenvalue weighted by Gasteiger charge is -2.22. The molecule has 142 valence electrons. The maximum Gasteiger partial charge on any atom is 0.253 e. The van der Waals surface area contributed by atoms with Crippen LogP contribution < -0.4 is 5.32 Å². The van der Waals surface area contributed by atoms with Crippen molar-refractivity contribution >= 4 is 28.3 Å². The standard InChI is InChI=1S/C26H20ClNO/c27-23-12-5-4-10-22(23)26(29)28-25(19-7-2-1-3-8-19)21-16-15-18-14-13-17-9-6-11-20(21)24(17)18/h1-12,15-16,25H,13-14H2,(H,28,29)/t25-/m1/s1. The van der Waals surface area contributed by atoms with Crippen molar-refractivity contribution in [3.8, 4) is 0 Å². The number of halogens is 1. The first-order valence-electron chi connectivity index (χ1n) is 9.86. The van der Waals surface area contributed by atoms with Gasteiger partial charge in [-0.25, -0.2) is 0 Å². The van der Waals surface area contributed by atoms with Gasteiger partial charge in [0.1, 0.15) is 0 Å². The summed E-state index contributed by atoms with van der Waals surface area (Å²) in [7, 11) is 0. The summed E-state index contributed by atoms with van der Waals surface area (Å²) in [5, 5.41) is 6.25. The van der Waals surface area contributed by atoms with Crippen LogP contribution in [-0.4, -0.2) is 5.91 Å². The number of amides is 1. The van der Waals surface area contributed by atoms with E-state index >= 15 is 0 Å². The van der Waals surface area contributed by atoms with Crippen molar-refractivity contribution in [1.82, 2.24) is 5.32 Å². The average molecular weight is 398 g/mol. The SMILES string of the molecule is O=C(N[C@H](c1ccccc1)c1ccc2c3c(cccc13)CC2)c1ccccc1Cl. The maximum atomic E-state index is 13.1. The number of nitrogens with one attached hydrogen (secondary N) is 1. The largest absolute Gasteiger partial charge is 0.341 e. The fraction of sp³-hybridized carbons (Fsp3) is 0.115. The van der Waals surface area contributed by atoms with Gasteiger partial charge in [-0.1, -0.05) is 84.4 Å². The van der Waals surface area contributed by atoms with Crippen molar-refractivity contribution in [2.45, 2.75) is 18.9 Å². The number of carbonyl (C=O) groups excluding carboxylic acids is 1. The molecule has 0 saturated carbocycles. The highest BCUT2D eigenvalue weighted by Gasteiger charge is 2.23. The van der Waals surface area contributed by atoms with Crippen LogP contribution in [0.3, 0.4) is 0 Å². The van der Waals surface area contributed by atoms with E-state index in [9.17, 15) is 4.79 Å². The molecule has 0 aromatic heterocycles. The molecule has 0 unspecified atom stereocenters. The molecule has 0 saturated heterocycles. The predicted molar refractivity (Wildman–Crippen MR) is 119 cm³/mol. The van der Waals surface area contributed by atoms with Gasteiger partial charge in [0.25, 0.3) is 5.91 Å². The van der Waals surface area contributed by atoms with Crippen LogP contribution in [-0.2, 0) is 12.8 Å². The second kappa shape index (κ2) is 7.38. The Hall–Kier alpha value is -3.10. The minimum atomic E-state index is -0.259. The summed E-state index contributed by atoms with van der Waals surface area (Å²) >= 11 is 6.28. The molecular weight excluding hydrogens is 378 g/mol. The lowest BCUT2D eigenvalue weighted by atomic mass is 9.91. The van der Waals surface area contributed by atoms with Crippen LogP contribution in [0.2, 0.25) is 5.02 Å². The zero-order valence-corrected chi connectivity index (χ0v) is 16.6. The van der Waals surface area contributed by atoms with Crippen LogP contribution in [0.4, 0.5) is 0 Å². The molecule has 1 N–H and O–H groups in total. The van der Waals surface area contributed by atoms with Crippen LogP contribution in [0.1, 0.15) is 38.7 Å². The Morgan fingerprint density at radius 2 is 1.52 bits per heavy atom. The van der Waals surface area contributed by atoms with Gasteiger partial charge in [0.2, 0.25) is 0 Å². The second-order valence-corrected chi connectivity index (χ2v) is 7.86. The highest BCUT2D eigenvalue weighted by molar-refractivity contribution is 6.33. The van der Waals surface area contributed by atoms with Crippen molar-refractivity contribution in [3.05, 3.63) is 118 Å². The quantitative estimate of drug-likeness (QED) is 0.442. The topological polar surface area (TPSA) is 29.1 Å². The minimum Gasteiger partial charge on any atom is -0.341 e. The lowest BCUT2D eigenvalue weighted by Crippen LogP contribution is -2.29. The number of hydrogen-bond donors (Lipinski definition) is 1. The molecule has 4 aromatic carbocycles. The van der Waals surface area contributed by atoms with Crippen LogP contribution in [0, 0.1) is 0 Å². The van der Waals surface area contributed by atoms with Gasteiger partial charge in [-0.15, -0.1) is 0 Å². The Bertz CT molecular complexity index is 1210. The van der Waals surface area contributed by atoms with Crippen LogP contribution in [0.5, 0.6) is 0 Å². The molecule has 1 atom stereocenters. The van der Waals surface area contributed by atoms with E-state index < -0.39 is 0 Å². The highest BCUT2D eigenvalue weighted by Crippen LogP contribution is 2.37. The summed E-state index contributed by atoms with van der Waals surface area (Å²) < 4.78 is 0. The first-order chi connectivity index (χ1) is 14.2. The zero-order chi connectivity index (χ0) is 19.8. The Balaban J connectivity index is 1.64. The van der Waals surface area contributed by atoms with Crippen molar-refractivity contribution in [3.63, 3.8) is 0 Å². The first kappa shape index (κ1) is 18.0. The van der Waals surface area contributed by atoms with Gasteiger partial charge in [0, 0.05) is 0 Å². The van der Waals surface area contributed by atoms with Gasteiger partial charge in [-0.05, 0) is 58.0 Å². The van der Waals surface area contributed by atoms with E-state index in [1.165, 1.54) is 21.9 Å². The van der Waals surface area contributed by atoms with E-state index in [4.69, 9.17) is 11.6 Å². The van der Waals surface area contributed by atoms with Gasteiger partial charge < -0.3 is 5.32 Å². The molecular formula is C26H20ClNO. The van der Waals surface area contributed by atoms with E-state index in [0.29, 0.717) is 10.6 Å². The Morgan fingerprint density at radius 1 is 0.793 bits per heavy atom. The molecule has 0 bridgehead atoms. The third-order valence-corrected chi connectivity index (χ3v) is 6.08. The fourth-order valence-corrected chi connectivity index (χ4v) is 4.58. The average Bonchev–Trinajstić information content (AvgIpc) is 3.18. The number of carbonyl (C=O) groups is 1. The number of rotatable bonds is 4. The summed E-state index contributed by atoms with van der Waals surface area (Å²) in [5.41, 5.74) is 5.43. The van der Waals surface area contributed by atoms with Gasteiger partial charge in [-0.2, -0.15) is 0 Å². The minimum absolute atomic E-state index is 0.173. The predicted octanol–water partition coefficient (Wildman–Crippen LogP) is 6.11. The van der Waals surface area contributed by atoms with E-state index in [1.807, 2.05) is 30.3 Å². The van der Waals surface area contributed by atoms with Gasteiger partial charge >= 0.3 is 0 Å². The molecule has 1 amide bonds. The molecule has 0 spiro atoms. The van der Waals surface area contributed by atoms with Gasteiger partial charge in [0.05, 0.1) is 16.6 Å². The molecule has 2 nitrogen and oxygen atoms in total. The molecule has 1 aliphatic carbocycles. The number of aryl methyl sites for hydroxylation is 2. The lowest BCUT2D eigenvalue weighted by molar-refractivity contribution is 0.0943. The summed E-state index contributed by atoms with van der Waals surface area (Å²) in [6.07, 6.45) is 2.16. The maximum absolute atomic E-state index is 13.1. The van der Waals surface area contributed by atoms with Crippen molar-refractivity contribution in [1.29, 1.82) is 0 Å². The molecule has 5 rings (SSSR count). The molecule has 0 fully saturated rings. The Morgan fingerprint density at radius 3 is 2.31 bits per heavy atom. The monoisotopic (exact) mass is 397 g/mol.